The van der Waals surface area contributed by atoms with Crippen molar-refractivity contribution in [2.75, 3.05) is 18.8 Å². The summed E-state index contributed by atoms with van der Waals surface area (Å²) in [7, 11) is 0. The molecule has 0 radical (unpaired) electrons. The maximum Gasteiger partial charge on any atom is 0.220 e. The molecule has 1 atom stereocenters. The highest BCUT2D eigenvalue weighted by molar-refractivity contribution is 5.79. The third-order valence-electron chi connectivity index (χ3n) is 5.89. The lowest BCUT2D eigenvalue weighted by Crippen LogP contribution is -2.34. The summed E-state index contributed by atoms with van der Waals surface area (Å²) in [6.45, 7) is 2.84. The largest absolute Gasteiger partial charge is 0.368 e. The average molecular weight is 401 g/mol. The van der Waals surface area contributed by atoms with Crippen LogP contribution >= 0.6 is 0 Å². The zero-order valence-electron chi connectivity index (χ0n) is 16.7. The fourth-order valence-electron chi connectivity index (χ4n) is 4.48. The molecule has 0 bridgehead atoms. The van der Waals surface area contributed by atoms with Gasteiger partial charge in [0.05, 0.1) is 5.69 Å². The van der Waals surface area contributed by atoms with Crippen LogP contribution in [0.5, 0.6) is 0 Å². The van der Waals surface area contributed by atoms with Gasteiger partial charge in [0.25, 0.3) is 0 Å². The number of benzene rings is 2. The number of halogens is 1. The number of nitrogens with one attached hydrogen (secondary N) is 1. The number of anilines is 1. The predicted octanol–water partition coefficient (Wildman–Crippen LogP) is 4.73. The molecule has 5 nitrogen and oxygen atoms in total. The fraction of sp³-hybridized carbons (Fsp3) is 0.250. The molecule has 2 aromatic heterocycles. The Kier molecular flexibility index (Phi) is 4.93. The number of hydrogen-bond donors (Lipinski definition) is 2. The molecule has 152 valence electrons. The van der Waals surface area contributed by atoms with Crippen LogP contribution in [0.25, 0.3) is 22.0 Å². The van der Waals surface area contributed by atoms with Gasteiger partial charge in [0, 0.05) is 42.5 Å². The van der Waals surface area contributed by atoms with Gasteiger partial charge in [0.15, 0.2) is 0 Å². The number of hydrogen-bond acceptors (Lipinski definition) is 4. The van der Waals surface area contributed by atoms with Crippen molar-refractivity contribution < 1.29 is 4.39 Å². The van der Waals surface area contributed by atoms with Gasteiger partial charge in [-0.2, -0.15) is 0 Å². The minimum atomic E-state index is -0.263. The van der Waals surface area contributed by atoms with Gasteiger partial charge in [-0.3, -0.25) is 4.90 Å². The smallest absolute Gasteiger partial charge is 0.220 e. The molecule has 0 unspecified atom stereocenters. The maximum atomic E-state index is 13.8. The summed E-state index contributed by atoms with van der Waals surface area (Å²) in [6.07, 6.45) is 5.82. The van der Waals surface area contributed by atoms with Crippen LogP contribution in [0.2, 0.25) is 0 Å². The third-order valence-corrected chi connectivity index (χ3v) is 5.89. The lowest BCUT2D eigenvalue weighted by Gasteiger charge is -2.33. The Labute approximate surface area is 174 Å². The Morgan fingerprint density at radius 2 is 2.10 bits per heavy atom. The molecule has 1 fully saturated rings. The van der Waals surface area contributed by atoms with Crippen LogP contribution in [-0.4, -0.2) is 32.9 Å². The number of fused-ring (bicyclic) bond motifs is 1. The molecule has 1 aliphatic heterocycles. The molecule has 3 heterocycles. The number of nitrogens with two attached hydrogens (primary N) is 1. The van der Waals surface area contributed by atoms with Crippen molar-refractivity contribution in [1.29, 1.82) is 0 Å². The molecule has 6 heteroatoms. The van der Waals surface area contributed by atoms with E-state index in [4.69, 9.17) is 5.73 Å². The molecule has 1 aliphatic rings. The average Bonchev–Trinajstić information content (AvgIpc) is 3.22. The number of rotatable bonds is 4. The molecule has 0 saturated carbocycles. The molecule has 3 N–H and O–H groups in total. The SMILES string of the molecule is Nc1ncc(-c2cccc(F)c2)c([C@@H]2CCCN(Cc3ccc4[nH]ccc4c3)C2)n1. The van der Waals surface area contributed by atoms with E-state index in [1.54, 1.807) is 12.3 Å². The van der Waals surface area contributed by atoms with E-state index in [0.717, 1.165) is 54.8 Å². The molecular formula is C24H24FN5. The van der Waals surface area contributed by atoms with Crippen LogP contribution in [-0.2, 0) is 6.54 Å². The first kappa shape index (κ1) is 18.8. The summed E-state index contributed by atoms with van der Waals surface area (Å²) in [5, 5.41) is 1.23. The molecule has 0 amide bonds. The summed E-state index contributed by atoms with van der Waals surface area (Å²) in [5.74, 6) is 0.235. The molecular weight excluding hydrogens is 377 g/mol. The lowest BCUT2D eigenvalue weighted by atomic mass is 9.89. The number of likely N-dealkylation sites (tertiary alicyclic amines) is 1. The van der Waals surface area contributed by atoms with Crippen molar-refractivity contribution in [2.24, 2.45) is 0 Å². The van der Waals surface area contributed by atoms with Gasteiger partial charge in [-0.1, -0.05) is 18.2 Å². The molecule has 0 spiro atoms. The van der Waals surface area contributed by atoms with Crippen molar-refractivity contribution in [3.8, 4) is 11.1 Å². The highest BCUT2D eigenvalue weighted by Crippen LogP contribution is 2.34. The van der Waals surface area contributed by atoms with E-state index in [0.29, 0.717) is 0 Å². The molecule has 1 saturated heterocycles. The van der Waals surface area contributed by atoms with Crippen LogP contribution < -0.4 is 5.73 Å². The molecule has 2 aromatic carbocycles. The first-order valence-corrected chi connectivity index (χ1v) is 10.3. The maximum absolute atomic E-state index is 13.8. The number of nitrogens with zero attached hydrogens (tertiary/aromatic N) is 3. The van der Waals surface area contributed by atoms with Crippen molar-refractivity contribution in [3.05, 3.63) is 78.0 Å². The zero-order valence-corrected chi connectivity index (χ0v) is 16.7. The van der Waals surface area contributed by atoms with Gasteiger partial charge >= 0.3 is 0 Å². The van der Waals surface area contributed by atoms with E-state index in [1.807, 2.05) is 12.3 Å². The van der Waals surface area contributed by atoms with Gasteiger partial charge in [0.1, 0.15) is 5.82 Å². The van der Waals surface area contributed by atoms with Gasteiger partial charge in [0.2, 0.25) is 5.95 Å². The monoisotopic (exact) mass is 401 g/mol. The van der Waals surface area contributed by atoms with Crippen LogP contribution in [0.15, 0.2) is 60.9 Å². The van der Waals surface area contributed by atoms with Crippen molar-refractivity contribution in [3.63, 3.8) is 0 Å². The van der Waals surface area contributed by atoms with Gasteiger partial charge in [-0.05, 0) is 66.2 Å². The minimum absolute atomic E-state index is 0.235. The van der Waals surface area contributed by atoms with Gasteiger partial charge in [-0.15, -0.1) is 0 Å². The summed E-state index contributed by atoms with van der Waals surface area (Å²) in [6, 6.07) is 15.3. The van der Waals surface area contributed by atoms with E-state index in [-0.39, 0.29) is 17.7 Å². The molecule has 5 rings (SSSR count). The number of nitrogen functional groups attached to an aromatic ring is 1. The van der Waals surface area contributed by atoms with E-state index >= 15 is 0 Å². The lowest BCUT2D eigenvalue weighted by molar-refractivity contribution is 0.199. The van der Waals surface area contributed by atoms with Crippen LogP contribution in [0.1, 0.15) is 30.0 Å². The predicted molar refractivity (Wildman–Crippen MR) is 117 cm³/mol. The quantitative estimate of drug-likeness (QED) is 0.519. The normalized spacial score (nSPS) is 17.4. The van der Waals surface area contributed by atoms with Crippen molar-refractivity contribution in [1.82, 2.24) is 19.9 Å². The third kappa shape index (κ3) is 3.78. The zero-order chi connectivity index (χ0) is 20.5. The second-order valence-electron chi connectivity index (χ2n) is 8.01. The summed E-state index contributed by atoms with van der Waals surface area (Å²) in [4.78, 5) is 14.5. The number of piperidine rings is 1. The highest BCUT2D eigenvalue weighted by atomic mass is 19.1. The van der Waals surface area contributed by atoms with Crippen LogP contribution in [0, 0.1) is 5.82 Å². The minimum Gasteiger partial charge on any atom is -0.368 e. The van der Waals surface area contributed by atoms with E-state index in [1.165, 1.54) is 23.1 Å². The Morgan fingerprint density at radius 3 is 3.00 bits per heavy atom. The second-order valence-corrected chi connectivity index (χ2v) is 8.01. The standard InChI is InChI=1S/C24H24FN5/c25-20-5-1-3-17(12-20)21-13-28-24(26)29-23(21)19-4-2-10-30(15-19)14-16-6-7-22-18(11-16)8-9-27-22/h1,3,5-9,11-13,19,27H,2,4,10,14-15H2,(H2,26,28,29)/t19-/m1/s1. The summed E-state index contributed by atoms with van der Waals surface area (Å²) < 4.78 is 13.8. The number of H-pyrrole nitrogens is 1. The number of aromatic nitrogens is 3. The first-order chi connectivity index (χ1) is 14.7. The molecule has 30 heavy (non-hydrogen) atoms. The molecule has 0 aliphatic carbocycles. The number of aromatic amines is 1. The first-order valence-electron chi connectivity index (χ1n) is 10.3. The van der Waals surface area contributed by atoms with Gasteiger partial charge in [-0.25, -0.2) is 14.4 Å². The highest BCUT2D eigenvalue weighted by Gasteiger charge is 2.25. The Hall–Kier alpha value is -3.25. The van der Waals surface area contributed by atoms with E-state index in [9.17, 15) is 4.39 Å². The molecule has 4 aromatic rings. The van der Waals surface area contributed by atoms with Crippen molar-refractivity contribution in [2.45, 2.75) is 25.3 Å². The van der Waals surface area contributed by atoms with Crippen LogP contribution in [0.3, 0.4) is 0 Å². The Balaban J connectivity index is 1.41. The fourth-order valence-corrected chi connectivity index (χ4v) is 4.48. The summed E-state index contributed by atoms with van der Waals surface area (Å²) >= 11 is 0. The Morgan fingerprint density at radius 1 is 1.17 bits per heavy atom. The van der Waals surface area contributed by atoms with Gasteiger partial charge < -0.3 is 10.7 Å². The Bertz CT molecular complexity index is 1190. The topological polar surface area (TPSA) is 70.8 Å². The van der Waals surface area contributed by atoms with E-state index < -0.39 is 0 Å². The van der Waals surface area contributed by atoms with E-state index in [2.05, 4.69) is 44.1 Å². The summed E-state index contributed by atoms with van der Waals surface area (Å²) in [5.41, 5.74) is 11.0. The second kappa shape index (κ2) is 7.88. The van der Waals surface area contributed by atoms with Crippen LogP contribution in [0.4, 0.5) is 10.3 Å². The van der Waals surface area contributed by atoms with Crippen molar-refractivity contribution >= 4 is 16.9 Å².